The molecule has 15 heteroatoms. The molecule has 0 bridgehead atoms. The summed E-state index contributed by atoms with van der Waals surface area (Å²) >= 11 is 0. The summed E-state index contributed by atoms with van der Waals surface area (Å²) in [5, 5.41) is 54.3. The number of nitro benzene ring substituents is 2. The maximum absolute atomic E-state index is 11.0. The number of aliphatic hydroxyl groups is 1. The van der Waals surface area contributed by atoms with Crippen LogP contribution in [0.4, 0.5) is 16.2 Å². The first-order chi connectivity index (χ1) is 14.7. The third-order valence-electron chi connectivity index (χ3n) is 4.04. The van der Waals surface area contributed by atoms with Gasteiger partial charge in [-0.05, 0) is 18.9 Å². The van der Waals surface area contributed by atoms with E-state index < -0.39 is 44.9 Å². The van der Waals surface area contributed by atoms with Crippen LogP contribution in [-0.2, 0) is 15.3 Å². The number of non-ortho nitro benzene ring substituents is 1. The van der Waals surface area contributed by atoms with Crippen molar-refractivity contribution < 1.29 is 44.8 Å². The van der Waals surface area contributed by atoms with Crippen LogP contribution in [0.3, 0.4) is 0 Å². The van der Waals surface area contributed by atoms with Crippen molar-refractivity contribution >= 4 is 29.3 Å². The van der Waals surface area contributed by atoms with E-state index in [1.54, 1.807) is 0 Å². The lowest BCUT2D eigenvalue weighted by Crippen LogP contribution is -2.37. The van der Waals surface area contributed by atoms with Crippen LogP contribution in [0.15, 0.2) is 18.2 Å². The molecule has 0 aliphatic carbocycles. The summed E-state index contributed by atoms with van der Waals surface area (Å²) in [5.74, 6) is -1.01. The predicted molar refractivity (Wildman–Crippen MR) is 106 cm³/mol. The number of amides is 2. The summed E-state index contributed by atoms with van der Waals surface area (Å²) in [4.78, 5) is 49.2. The molecule has 1 aliphatic rings. The molecule has 1 fully saturated rings. The second-order valence-electron chi connectivity index (χ2n) is 6.48. The molecule has 2 rings (SSSR count). The number of nitrogens with zero attached hydrogens (tertiary/aromatic N) is 3. The third kappa shape index (κ3) is 9.41. The van der Waals surface area contributed by atoms with Crippen LogP contribution in [0.5, 0.6) is 0 Å². The number of carbonyl (C=O) groups excluding carboxylic acids is 2. The summed E-state index contributed by atoms with van der Waals surface area (Å²) < 4.78 is 0. The molecule has 2 amide bonds. The molecule has 1 atom stereocenters. The Labute approximate surface area is 180 Å². The first-order valence-corrected chi connectivity index (χ1v) is 9.15. The van der Waals surface area contributed by atoms with E-state index in [2.05, 4.69) is 0 Å². The average molecular weight is 460 g/mol. The highest BCUT2D eigenvalue weighted by Gasteiger charge is 2.33. The van der Waals surface area contributed by atoms with Crippen molar-refractivity contribution in [3.05, 3.63) is 44.0 Å². The molecule has 1 aromatic rings. The van der Waals surface area contributed by atoms with Crippen molar-refractivity contribution in [2.45, 2.75) is 51.2 Å². The number of hydroxylamine groups is 2. The van der Waals surface area contributed by atoms with Gasteiger partial charge in [-0.25, -0.2) is 4.79 Å². The molecule has 178 valence electrons. The highest BCUT2D eigenvalue weighted by Crippen LogP contribution is 2.33. The van der Waals surface area contributed by atoms with Crippen LogP contribution >= 0.6 is 0 Å². The number of unbranched alkanes of at least 4 members (excludes halogenated alkanes) is 2. The van der Waals surface area contributed by atoms with Gasteiger partial charge >= 0.3 is 6.16 Å². The third-order valence-corrected chi connectivity index (χ3v) is 4.04. The second-order valence-corrected chi connectivity index (χ2v) is 6.48. The topological polar surface area (TPSA) is 248 Å². The van der Waals surface area contributed by atoms with Crippen LogP contribution < -0.4 is 5.73 Å². The molecule has 1 heterocycles. The van der Waals surface area contributed by atoms with Crippen LogP contribution in [-0.4, -0.2) is 53.4 Å². The highest BCUT2D eigenvalue weighted by atomic mass is 16.6. The standard InChI is InChI=1S/C12H17N3O5.C4H5NO3.CH2O3/c1-2-3-4-7-12(13,16)10-6-5-9(14(17)18)8-11(10)15(19)20;6-3-1-2-4(7)5(3)8;2-1(3)4/h5-6,8,16H,2-4,7,13H2,1H3;8H,1-2H2;(H2,2,3,4). The zero-order chi connectivity index (χ0) is 25.1. The smallest absolute Gasteiger partial charge is 0.450 e. The summed E-state index contributed by atoms with van der Waals surface area (Å²) in [6.07, 6.45) is 0.973. The van der Waals surface area contributed by atoms with Gasteiger partial charge in [0.2, 0.25) is 0 Å². The van der Waals surface area contributed by atoms with E-state index in [9.17, 15) is 34.9 Å². The fourth-order valence-electron chi connectivity index (χ4n) is 2.49. The predicted octanol–water partition coefficient (Wildman–Crippen LogP) is 1.93. The maximum atomic E-state index is 11.0. The molecule has 0 radical (unpaired) electrons. The van der Waals surface area contributed by atoms with Gasteiger partial charge in [-0.2, -0.15) is 5.06 Å². The molecule has 0 spiro atoms. The number of carboxylic acid groups (broad SMARTS) is 2. The maximum Gasteiger partial charge on any atom is 0.503 e. The fourth-order valence-corrected chi connectivity index (χ4v) is 2.49. The van der Waals surface area contributed by atoms with Gasteiger partial charge in [0.1, 0.15) is 5.72 Å². The number of rotatable bonds is 7. The second kappa shape index (κ2) is 12.9. The molecular formula is C17H24N4O11. The summed E-state index contributed by atoms with van der Waals surface area (Å²) in [7, 11) is 0. The van der Waals surface area contributed by atoms with Gasteiger partial charge in [0.05, 0.1) is 21.5 Å². The first-order valence-electron chi connectivity index (χ1n) is 9.15. The minimum Gasteiger partial charge on any atom is -0.450 e. The molecule has 1 aromatic carbocycles. The summed E-state index contributed by atoms with van der Waals surface area (Å²) in [6.45, 7) is 1.98. The molecule has 32 heavy (non-hydrogen) atoms. The van der Waals surface area contributed by atoms with Gasteiger partial charge in [0.15, 0.2) is 0 Å². The van der Waals surface area contributed by atoms with Crippen LogP contribution in [0, 0.1) is 20.2 Å². The van der Waals surface area contributed by atoms with E-state index in [1.807, 2.05) is 6.92 Å². The van der Waals surface area contributed by atoms with E-state index >= 15 is 0 Å². The number of nitro groups is 2. The Hall–Kier alpha value is -3.69. The molecule has 0 aromatic heterocycles. The van der Waals surface area contributed by atoms with Crippen molar-refractivity contribution in [2.75, 3.05) is 0 Å². The zero-order valence-corrected chi connectivity index (χ0v) is 17.0. The zero-order valence-electron chi connectivity index (χ0n) is 17.0. The monoisotopic (exact) mass is 460 g/mol. The van der Waals surface area contributed by atoms with Gasteiger partial charge in [-0.3, -0.25) is 40.8 Å². The number of imide groups is 1. The SMILES string of the molecule is CCCCCC(N)(O)c1ccc([N+](=O)[O-])cc1[N+](=O)[O-].O=C(O)O.O=C1CCC(=O)N1O. The van der Waals surface area contributed by atoms with Crippen LogP contribution in [0.2, 0.25) is 0 Å². The Balaban J connectivity index is 0.000000653. The average Bonchev–Trinajstić information content (AvgIpc) is 2.98. The molecule has 6 N–H and O–H groups in total. The van der Waals surface area contributed by atoms with Crippen LogP contribution in [0.1, 0.15) is 51.0 Å². The van der Waals surface area contributed by atoms with Gasteiger partial charge in [-0.1, -0.05) is 19.8 Å². The Kier molecular flexibility index (Phi) is 11.4. The quantitative estimate of drug-likeness (QED) is 0.0977. The van der Waals surface area contributed by atoms with E-state index in [4.69, 9.17) is 25.9 Å². The normalized spacial score (nSPS) is 14.4. The van der Waals surface area contributed by atoms with Crippen molar-refractivity contribution in [1.82, 2.24) is 5.06 Å². The van der Waals surface area contributed by atoms with E-state index in [-0.39, 0.29) is 29.9 Å². The number of carbonyl (C=O) groups is 3. The number of hydrogen-bond donors (Lipinski definition) is 5. The number of benzene rings is 1. The highest BCUT2D eigenvalue weighted by molar-refractivity contribution is 6.00. The van der Waals surface area contributed by atoms with Gasteiger partial charge in [0.25, 0.3) is 23.2 Å². The number of hydrogen-bond acceptors (Lipinski definition) is 10. The minimum absolute atomic E-state index is 0.107. The van der Waals surface area contributed by atoms with E-state index in [0.717, 1.165) is 31.0 Å². The van der Waals surface area contributed by atoms with E-state index in [0.29, 0.717) is 6.42 Å². The molecule has 15 nitrogen and oxygen atoms in total. The van der Waals surface area contributed by atoms with E-state index in [1.165, 1.54) is 0 Å². The van der Waals surface area contributed by atoms with Gasteiger partial charge in [0, 0.05) is 18.9 Å². The molecular weight excluding hydrogens is 436 g/mol. The van der Waals surface area contributed by atoms with Crippen molar-refractivity contribution in [3.8, 4) is 0 Å². The fraction of sp³-hybridized carbons (Fsp3) is 0.471. The largest absolute Gasteiger partial charge is 0.503 e. The van der Waals surface area contributed by atoms with Crippen molar-refractivity contribution in [1.29, 1.82) is 0 Å². The minimum atomic E-state index is -1.87. The molecule has 1 unspecified atom stereocenters. The molecule has 1 saturated heterocycles. The Morgan fingerprint density at radius 3 is 1.97 bits per heavy atom. The van der Waals surface area contributed by atoms with Crippen molar-refractivity contribution in [3.63, 3.8) is 0 Å². The Morgan fingerprint density at radius 2 is 1.62 bits per heavy atom. The van der Waals surface area contributed by atoms with Gasteiger partial charge < -0.3 is 15.3 Å². The van der Waals surface area contributed by atoms with Gasteiger partial charge in [-0.15, -0.1) is 0 Å². The summed E-state index contributed by atoms with van der Waals surface area (Å²) in [6, 6.07) is 3.05. The lowest BCUT2D eigenvalue weighted by Gasteiger charge is -2.23. The van der Waals surface area contributed by atoms with Crippen molar-refractivity contribution in [2.24, 2.45) is 5.73 Å². The summed E-state index contributed by atoms with van der Waals surface area (Å²) in [5.41, 5.74) is 2.80. The van der Waals surface area contributed by atoms with Crippen LogP contribution in [0.25, 0.3) is 0 Å². The Bertz CT molecular complexity index is 837. The molecule has 0 saturated carbocycles. The molecule has 1 aliphatic heterocycles. The lowest BCUT2D eigenvalue weighted by atomic mass is 9.95. The Morgan fingerprint density at radius 1 is 1.12 bits per heavy atom. The first kappa shape index (κ1) is 28.3. The number of nitrogens with two attached hydrogens (primary N) is 1. The lowest BCUT2D eigenvalue weighted by molar-refractivity contribution is -0.395.